The largest absolute Gasteiger partial charge is 0.497 e. The summed E-state index contributed by atoms with van der Waals surface area (Å²) in [5, 5.41) is 6.79. The molecule has 0 saturated carbocycles. The molecule has 2 aromatic rings. The van der Waals surface area contributed by atoms with E-state index in [9.17, 15) is 0 Å². The number of aliphatic imine (C=N–C) groups is 1. The lowest BCUT2D eigenvalue weighted by molar-refractivity contribution is 0.126. The first kappa shape index (κ1) is 25.4. The molecule has 0 atom stereocenters. The van der Waals surface area contributed by atoms with Crippen molar-refractivity contribution in [2.24, 2.45) is 4.99 Å². The molecule has 0 aromatic heterocycles. The van der Waals surface area contributed by atoms with Crippen molar-refractivity contribution in [2.75, 3.05) is 53.4 Å². The van der Waals surface area contributed by atoms with Crippen LogP contribution in [0.2, 0.25) is 0 Å². The Bertz CT molecular complexity index is 761. The molecule has 1 fully saturated rings. The van der Waals surface area contributed by atoms with Crippen molar-refractivity contribution in [2.45, 2.75) is 19.5 Å². The third-order valence-corrected chi connectivity index (χ3v) is 5.50. The lowest BCUT2D eigenvalue weighted by atomic mass is 10.2. The predicted octanol–water partition coefficient (Wildman–Crippen LogP) is 3.19. The Hall–Kier alpha value is -1.84. The highest BCUT2D eigenvalue weighted by molar-refractivity contribution is 14.0. The predicted molar refractivity (Wildman–Crippen MR) is 139 cm³/mol. The third-order valence-electron chi connectivity index (χ3n) is 5.50. The summed E-state index contributed by atoms with van der Waals surface area (Å²) in [5.41, 5.74) is 2.61. The second kappa shape index (κ2) is 14.3. The average molecular weight is 537 g/mol. The minimum atomic E-state index is 0. The van der Waals surface area contributed by atoms with E-state index in [1.54, 1.807) is 7.11 Å². The van der Waals surface area contributed by atoms with Crippen LogP contribution in [0.25, 0.3) is 0 Å². The molecular formula is C24H36IN5O. The summed E-state index contributed by atoms with van der Waals surface area (Å²) in [6.07, 6.45) is 1.11. The summed E-state index contributed by atoms with van der Waals surface area (Å²) in [6, 6.07) is 18.9. The van der Waals surface area contributed by atoms with Crippen molar-refractivity contribution in [3.63, 3.8) is 0 Å². The number of halogens is 1. The molecule has 0 amide bonds. The molecule has 0 radical (unpaired) electrons. The number of guanidine groups is 1. The van der Waals surface area contributed by atoms with Gasteiger partial charge in [-0.25, -0.2) is 0 Å². The van der Waals surface area contributed by atoms with E-state index >= 15 is 0 Å². The van der Waals surface area contributed by atoms with Crippen molar-refractivity contribution in [3.05, 3.63) is 65.7 Å². The highest BCUT2D eigenvalue weighted by atomic mass is 127. The maximum Gasteiger partial charge on any atom is 0.191 e. The number of nitrogens with zero attached hydrogens (tertiary/aromatic N) is 3. The molecule has 1 aliphatic rings. The Labute approximate surface area is 204 Å². The van der Waals surface area contributed by atoms with Gasteiger partial charge in [0, 0.05) is 52.9 Å². The van der Waals surface area contributed by atoms with Crippen LogP contribution in [0, 0.1) is 0 Å². The monoisotopic (exact) mass is 537 g/mol. The van der Waals surface area contributed by atoms with Gasteiger partial charge in [0.05, 0.1) is 7.11 Å². The van der Waals surface area contributed by atoms with Gasteiger partial charge in [0.25, 0.3) is 0 Å². The molecular weight excluding hydrogens is 501 g/mol. The summed E-state index contributed by atoms with van der Waals surface area (Å²) >= 11 is 0. The van der Waals surface area contributed by atoms with Crippen LogP contribution in [0.1, 0.15) is 17.5 Å². The number of hydrogen-bond acceptors (Lipinski definition) is 4. The fourth-order valence-corrected chi connectivity index (χ4v) is 3.67. The van der Waals surface area contributed by atoms with Gasteiger partial charge in [0.15, 0.2) is 5.96 Å². The normalized spacial score (nSPS) is 15.2. The molecule has 1 saturated heterocycles. The van der Waals surface area contributed by atoms with Gasteiger partial charge in [-0.1, -0.05) is 42.5 Å². The zero-order valence-corrected chi connectivity index (χ0v) is 21.0. The third kappa shape index (κ3) is 9.04. The number of benzene rings is 2. The first-order valence-electron chi connectivity index (χ1n) is 10.8. The first-order chi connectivity index (χ1) is 14.8. The summed E-state index contributed by atoms with van der Waals surface area (Å²) in [6.45, 7) is 8.45. The van der Waals surface area contributed by atoms with Crippen molar-refractivity contribution >= 4 is 29.9 Å². The van der Waals surface area contributed by atoms with Gasteiger partial charge in [-0.15, -0.1) is 24.0 Å². The van der Waals surface area contributed by atoms with Crippen molar-refractivity contribution in [1.82, 2.24) is 20.4 Å². The van der Waals surface area contributed by atoms with E-state index in [0.717, 1.165) is 70.5 Å². The molecule has 0 bridgehead atoms. The molecule has 170 valence electrons. The van der Waals surface area contributed by atoms with Crippen LogP contribution in [-0.2, 0) is 13.1 Å². The minimum absolute atomic E-state index is 0. The maximum absolute atomic E-state index is 5.20. The Morgan fingerprint density at radius 2 is 1.58 bits per heavy atom. The topological polar surface area (TPSA) is 52.1 Å². The molecule has 6 nitrogen and oxygen atoms in total. The number of rotatable bonds is 9. The summed E-state index contributed by atoms with van der Waals surface area (Å²) in [4.78, 5) is 9.44. The van der Waals surface area contributed by atoms with Crippen molar-refractivity contribution < 1.29 is 4.74 Å². The van der Waals surface area contributed by atoms with E-state index < -0.39 is 0 Å². The van der Waals surface area contributed by atoms with Crippen LogP contribution in [-0.4, -0.2) is 69.2 Å². The Kier molecular flexibility index (Phi) is 11.7. The molecule has 1 heterocycles. The van der Waals surface area contributed by atoms with Gasteiger partial charge < -0.3 is 20.3 Å². The van der Waals surface area contributed by atoms with Crippen molar-refractivity contribution in [3.8, 4) is 5.75 Å². The lowest BCUT2D eigenvalue weighted by Crippen LogP contribution is -2.46. The molecule has 7 heteroatoms. The van der Waals surface area contributed by atoms with E-state index in [2.05, 4.69) is 67.9 Å². The Morgan fingerprint density at radius 3 is 2.23 bits per heavy atom. The van der Waals surface area contributed by atoms with Gasteiger partial charge in [-0.3, -0.25) is 9.89 Å². The summed E-state index contributed by atoms with van der Waals surface area (Å²) in [5.74, 6) is 1.72. The molecule has 0 spiro atoms. The number of piperazine rings is 1. The highest BCUT2D eigenvalue weighted by Crippen LogP contribution is 2.11. The zero-order chi connectivity index (χ0) is 21.0. The lowest BCUT2D eigenvalue weighted by Gasteiger charge is -2.34. The Balaban J connectivity index is 0.00000341. The second-order valence-electron chi connectivity index (χ2n) is 7.66. The molecule has 1 aliphatic heterocycles. The van der Waals surface area contributed by atoms with Crippen LogP contribution >= 0.6 is 24.0 Å². The minimum Gasteiger partial charge on any atom is -0.497 e. The Morgan fingerprint density at radius 1 is 0.903 bits per heavy atom. The van der Waals surface area contributed by atoms with Gasteiger partial charge in [0.2, 0.25) is 0 Å². The summed E-state index contributed by atoms with van der Waals surface area (Å²) < 4.78 is 5.20. The highest BCUT2D eigenvalue weighted by Gasteiger charge is 2.16. The number of hydrogen-bond donors (Lipinski definition) is 2. The van der Waals surface area contributed by atoms with Gasteiger partial charge in [0.1, 0.15) is 5.75 Å². The SMILES string of the molecule is CN=C(NCCCN1CCN(Cc2ccccc2)CC1)NCc1ccc(OC)cc1.I. The van der Waals surface area contributed by atoms with E-state index in [1.165, 1.54) is 11.1 Å². The van der Waals surface area contributed by atoms with Crippen molar-refractivity contribution in [1.29, 1.82) is 0 Å². The van der Waals surface area contributed by atoms with Gasteiger partial charge in [-0.05, 0) is 36.2 Å². The zero-order valence-electron chi connectivity index (χ0n) is 18.7. The number of methoxy groups -OCH3 is 1. The van der Waals surface area contributed by atoms with Crippen LogP contribution in [0.3, 0.4) is 0 Å². The van der Waals surface area contributed by atoms with Crippen LogP contribution in [0.4, 0.5) is 0 Å². The van der Waals surface area contributed by atoms with Crippen LogP contribution < -0.4 is 15.4 Å². The fourth-order valence-electron chi connectivity index (χ4n) is 3.67. The van der Waals surface area contributed by atoms with Crippen LogP contribution in [0.15, 0.2) is 59.6 Å². The smallest absolute Gasteiger partial charge is 0.191 e. The number of ether oxygens (including phenoxy) is 1. The molecule has 2 N–H and O–H groups in total. The second-order valence-corrected chi connectivity index (χ2v) is 7.66. The molecule has 0 aliphatic carbocycles. The van der Waals surface area contributed by atoms with Crippen LogP contribution in [0.5, 0.6) is 5.75 Å². The van der Waals surface area contributed by atoms with E-state index in [1.807, 2.05) is 19.2 Å². The van der Waals surface area contributed by atoms with Gasteiger partial charge in [-0.2, -0.15) is 0 Å². The number of nitrogens with one attached hydrogen (secondary N) is 2. The van der Waals surface area contributed by atoms with E-state index in [-0.39, 0.29) is 24.0 Å². The fraction of sp³-hybridized carbons (Fsp3) is 0.458. The standard InChI is InChI=1S/C24H35N5O.HI/c1-25-24(27-19-21-9-11-23(30-2)12-10-21)26-13-6-14-28-15-17-29(18-16-28)20-22-7-4-3-5-8-22;/h3-5,7-12H,6,13-20H2,1-2H3,(H2,25,26,27);1H. The molecule has 2 aromatic carbocycles. The maximum atomic E-state index is 5.20. The molecule has 3 rings (SSSR count). The van der Waals surface area contributed by atoms with E-state index in [0.29, 0.717) is 0 Å². The quantitative estimate of drug-likeness (QED) is 0.223. The van der Waals surface area contributed by atoms with E-state index in [4.69, 9.17) is 4.74 Å². The molecule has 0 unspecified atom stereocenters. The van der Waals surface area contributed by atoms with Gasteiger partial charge >= 0.3 is 0 Å². The summed E-state index contributed by atoms with van der Waals surface area (Å²) in [7, 11) is 3.50. The molecule has 31 heavy (non-hydrogen) atoms. The average Bonchev–Trinajstić information content (AvgIpc) is 2.80. The first-order valence-corrected chi connectivity index (χ1v) is 10.8.